The predicted molar refractivity (Wildman–Crippen MR) is 119 cm³/mol. The van der Waals surface area contributed by atoms with Crippen molar-refractivity contribution in [1.29, 1.82) is 0 Å². The quantitative estimate of drug-likeness (QED) is 0.668. The summed E-state index contributed by atoms with van der Waals surface area (Å²) in [6.07, 6.45) is 5.29. The summed E-state index contributed by atoms with van der Waals surface area (Å²) in [6, 6.07) is 13.7. The van der Waals surface area contributed by atoms with E-state index in [2.05, 4.69) is 5.32 Å². The Morgan fingerprint density at radius 1 is 1.03 bits per heavy atom. The molecule has 0 saturated carbocycles. The average molecular weight is 427 g/mol. The van der Waals surface area contributed by atoms with Gasteiger partial charge in [-0.25, -0.2) is 0 Å². The van der Waals surface area contributed by atoms with Crippen LogP contribution in [0.2, 0.25) is 5.02 Å². The fraction of sp³-hybridized carbons (Fsp3) is 0.333. The van der Waals surface area contributed by atoms with Crippen LogP contribution in [-0.2, 0) is 4.79 Å². The van der Waals surface area contributed by atoms with Crippen LogP contribution in [0.25, 0.3) is 0 Å². The molecule has 0 unspecified atom stereocenters. The highest BCUT2D eigenvalue weighted by Gasteiger charge is 2.27. The average Bonchev–Trinajstić information content (AvgIpc) is 2.74. The number of amides is 2. The number of nitrogens with zero attached hydrogens (tertiary/aromatic N) is 1. The van der Waals surface area contributed by atoms with Gasteiger partial charge in [0.25, 0.3) is 5.91 Å². The molecule has 3 atom stereocenters. The van der Waals surface area contributed by atoms with Crippen LogP contribution in [0.1, 0.15) is 48.7 Å². The van der Waals surface area contributed by atoms with E-state index >= 15 is 0 Å². The summed E-state index contributed by atoms with van der Waals surface area (Å²) < 4.78 is 6.03. The number of ether oxygens (including phenoxy) is 1. The molecule has 5 nitrogen and oxygen atoms in total. The molecule has 30 heavy (non-hydrogen) atoms. The third-order valence-electron chi connectivity index (χ3n) is 5.30. The molecule has 6 heteroatoms. The molecule has 1 heterocycles. The second-order valence-corrected chi connectivity index (χ2v) is 8.01. The van der Waals surface area contributed by atoms with Gasteiger partial charge in [0.05, 0.1) is 17.7 Å². The van der Waals surface area contributed by atoms with Crippen LogP contribution in [0, 0.1) is 0 Å². The van der Waals surface area contributed by atoms with E-state index in [1.54, 1.807) is 38.2 Å². The first-order valence-corrected chi connectivity index (χ1v) is 10.5. The van der Waals surface area contributed by atoms with Gasteiger partial charge in [-0.2, -0.15) is 0 Å². The van der Waals surface area contributed by atoms with E-state index in [1.807, 2.05) is 43.3 Å². The van der Waals surface area contributed by atoms with Crippen molar-refractivity contribution in [2.24, 2.45) is 0 Å². The molecular formula is C24H27ClN2O3. The Morgan fingerprint density at radius 2 is 1.77 bits per heavy atom. The number of likely N-dealkylation sites (N-methyl/N-ethyl adjacent to an activating group) is 1. The Balaban J connectivity index is 1.93. The summed E-state index contributed by atoms with van der Waals surface area (Å²) in [4.78, 5) is 27.5. The van der Waals surface area contributed by atoms with Crippen molar-refractivity contribution in [2.75, 3.05) is 7.05 Å². The fourth-order valence-corrected chi connectivity index (χ4v) is 3.57. The third kappa shape index (κ3) is 5.22. The van der Waals surface area contributed by atoms with Crippen LogP contribution in [-0.4, -0.2) is 35.9 Å². The number of benzene rings is 2. The number of halogens is 1. The second-order valence-electron chi connectivity index (χ2n) is 7.58. The number of hydrogen-bond acceptors (Lipinski definition) is 3. The minimum absolute atomic E-state index is 0.0971. The van der Waals surface area contributed by atoms with Gasteiger partial charge in [0, 0.05) is 18.5 Å². The summed E-state index contributed by atoms with van der Waals surface area (Å²) in [5.74, 6) is 0.0390. The summed E-state index contributed by atoms with van der Waals surface area (Å²) in [6.45, 7) is 3.69. The Morgan fingerprint density at radius 3 is 2.53 bits per heavy atom. The van der Waals surface area contributed by atoms with Gasteiger partial charge >= 0.3 is 0 Å². The van der Waals surface area contributed by atoms with Crippen molar-refractivity contribution in [3.63, 3.8) is 0 Å². The molecule has 0 aliphatic carbocycles. The summed E-state index contributed by atoms with van der Waals surface area (Å²) in [5.41, 5.74) is 1.36. The van der Waals surface area contributed by atoms with Gasteiger partial charge in [0.1, 0.15) is 11.8 Å². The zero-order valence-electron chi connectivity index (χ0n) is 17.5. The molecule has 158 valence electrons. The van der Waals surface area contributed by atoms with Gasteiger partial charge < -0.3 is 15.0 Å². The maximum Gasteiger partial charge on any atom is 0.258 e. The zero-order chi connectivity index (χ0) is 21.7. The molecule has 2 aromatic rings. The van der Waals surface area contributed by atoms with Crippen LogP contribution in [0.5, 0.6) is 5.75 Å². The summed E-state index contributed by atoms with van der Waals surface area (Å²) >= 11 is 6.16. The maximum absolute atomic E-state index is 13.1. The molecule has 0 aromatic heterocycles. The van der Waals surface area contributed by atoms with E-state index < -0.39 is 6.04 Å². The molecule has 1 N–H and O–H groups in total. The highest BCUT2D eigenvalue weighted by molar-refractivity contribution is 6.30. The number of fused-ring (bicyclic) bond motifs is 1. The Kier molecular flexibility index (Phi) is 7.16. The molecule has 2 amide bonds. The number of para-hydroxylation sites is 1. The highest BCUT2D eigenvalue weighted by Crippen LogP contribution is 2.25. The first-order valence-electron chi connectivity index (χ1n) is 10.1. The SMILES string of the molecule is C[C@H]1C/C=C/C[C@H](c2cccc(Cl)c2)NC(=O)[C@H](C)N(C)C(=O)c2ccccc2O1. The molecule has 1 aliphatic rings. The van der Waals surface area contributed by atoms with E-state index in [0.717, 1.165) is 5.56 Å². The van der Waals surface area contributed by atoms with E-state index in [0.29, 0.717) is 29.2 Å². The minimum Gasteiger partial charge on any atom is -0.490 e. The first-order chi connectivity index (χ1) is 14.4. The van der Waals surface area contributed by atoms with Gasteiger partial charge in [0.15, 0.2) is 0 Å². The van der Waals surface area contributed by atoms with Gasteiger partial charge in [-0.3, -0.25) is 9.59 Å². The van der Waals surface area contributed by atoms with Crippen molar-refractivity contribution < 1.29 is 14.3 Å². The standard InChI is InChI=1S/C24H27ClN2O3/c1-16-9-4-6-13-21(18-10-8-11-19(25)15-18)26-23(28)17(2)27(3)24(29)20-12-5-7-14-22(20)30-16/h4-8,10-12,14-17,21H,9,13H2,1-3H3,(H,26,28)/b6-4+/t16-,17-,21+/m0/s1. The first kappa shape index (κ1) is 21.9. The molecular weight excluding hydrogens is 400 g/mol. The Bertz CT molecular complexity index is 944. The zero-order valence-corrected chi connectivity index (χ0v) is 18.2. The van der Waals surface area contributed by atoms with Crippen LogP contribution in [0.3, 0.4) is 0 Å². The van der Waals surface area contributed by atoms with Crippen molar-refractivity contribution in [3.8, 4) is 5.75 Å². The second kappa shape index (κ2) is 9.81. The third-order valence-corrected chi connectivity index (χ3v) is 5.54. The van der Waals surface area contributed by atoms with Crippen molar-refractivity contribution in [1.82, 2.24) is 10.2 Å². The highest BCUT2D eigenvalue weighted by atomic mass is 35.5. The minimum atomic E-state index is -0.656. The largest absolute Gasteiger partial charge is 0.490 e. The molecule has 0 spiro atoms. The van der Waals surface area contributed by atoms with Crippen LogP contribution in [0.15, 0.2) is 60.7 Å². The Labute approximate surface area is 182 Å². The van der Waals surface area contributed by atoms with Crippen molar-refractivity contribution >= 4 is 23.4 Å². The number of carbonyl (C=O) groups is 2. The predicted octanol–water partition coefficient (Wildman–Crippen LogP) is 4.78. The van der Waals surface area contributed by atoms with Crippen LogP contribution >= 0.6 is 11.6 Å². The summed E-state index contributed by atoms with van der Waals surface area (Å²) in [5, 5.41) is 3.69. The van der Waals surface area contributed by atoms with Gasteiger partial charge in [0.2, 0.25) is 5.91 Å². The lowest BCUT2D eigenvalue weighted by molar-refractivity contribution is -0.125. The molecule has 3 rings (SSSR count). The van der Waals surface area contributed by atoms with Gasteiger partial charge in [-0.15, -0.1) is 0 Å². The molecule has 0 fully saturated rings. The van der Waals surface area contributed by atoms with E-state index in [1.165, 1.54) is 4.90 Å². The fourth-order valence-electron chi connectivity index (χ4n) is 3.37. The topological polar surface area (TPSA) is 58.6 Å². The van der Waals surface area contributed by atoms with E-state index in [9.17, 15) is 9.59 Å². The number of nitrogens with one attached hydrogen (secondary N) is 1. The number of hydrogen-bond donors (Lipinski definition) is 1. The number of carbonyl (C=O) groups excluding carboxylic acids is 2. The van der Waals surface area contributed by atoms with E-state index in [4.69, 9.17) is 16.3 Å². The molecule has 1 aliphatic heterocycles. The lowest BCUT2D eigenvalue weighted by Crippen LogP contribution is -2.47. The molecule has 0 bridgehead atoms. The normalized spacial score (nSPS) is 24.3. The molecule has 2 aromatic carbocycles. The maximum atomic E-state index is 13.1. The lowest BCUT2D eigenvalue weighted by atomic mass is 10.0. The Hall–Kier alpha value is -2.79. The number of rotatable bonds is 1. The van der Waals surface area contributed by atoms with E-state index in [-0.39, 0.29) is 24.0 Å². The van der Waals surface area contributed by atoms with Crippen molar-refractivity contribution in [2.45, 2.75) is 44.9 Å². The lowest BCUT2D eigenvalue weighted by Gasteiger charge is -2.28. The monoisotopic (exact) mass is 426 g/mol. The van der Waals surface area contributed by atoms with Gasteiger partial charge in [-0.05, 0) is 50.1 Å². The summed E-state index contributed by atoms with van der Waals surface area (Å²) in [7, 11) is 1.63. The molecule has 0 radical (unpaired) electrons. The van der Waals surface area contributed by atoms with Gasteiger partial charge in [-0.1, -0.05) is 48.0 Å². The molecule has 0 saturated heterocycles. The smallest absolute Gasteiger partial charge is 0.258 e. The van der Waals surface area contributed by atoms with Crippen LogP contribution in [0.4, 0.5) is 0 Å². The van der Waals surface area contributed by atoms with Crippen LogP contribution < -0.4 is 10.1 Å². The van der Waals surface area contributed by atoms with Crippen molar-refractivity contribution in [3.05, 3.63) is 76.8 Å².